The van der Waals surface area contributed by atoms with Gasteiger partial charge in [0.2, 0.25) is 0 Å². The smallest absolute Gasteiger partial charge is 0.417 e. The highest BCUT2D eigenvalue weighted by Crippen LogP contribution is 2.07. The lowest BCUT2D eigenvalue weighted by molar-refractivity contribution is -0.167. The van der Waals surface area contributed by atoms with Gasteiger partial charge in [-0.05, 0) is 6.04 Å². The van der Waals surface area contributed by atoms with Crippen LogP contribution in [0.25, 0.3) is 0 Å². The first-order valence-electron chi connectivity index (χ1n) is 5.53. The molecule has 0 aliphatic carbocycles. The van der Waals surface area contributed by atoms with E-state index in [0.717, 1.165) is 12.3 Å². The summed E-state index contributed by atoms with van der Waals surface area (Å²) >= 11 is 0. The minimum atomic E-state index is -3.21. The molecule has 18 heavy (non-hydrogen) atoms. The molecule has 0 atom stereocenters. The molecule has 0 heterocycles. The molecule has 0 aliphatic rings. The summed E-state index contributed by atoms with van der Waals surface area (Å²) in [6, 6.07) is 0.759. The summed E-state index contributed by atoms with van der Waals surface area (Å²) in [6.45, 7) is 6.21. The van der Waals surface area contributed by atoms with Crippen molar-refractivity contribution in [3.05, 3.63) is 0 Å². The van der Waals surface area contributed by atoms with E-state index >= 15 is 0 Å². The molecule has 0 amide bonds. The van der Waals surface area contributed by atoms with Gasteiger partial charge in [-0.15, -0.1) is 0 Å². The second-order valence-electron chi connectivity index (χ2n) is 5.21. The highest BCUT2D eigenvalue weighted by molar-refractivity contribution is 7.90. The van der Waals surface area contributed by atoms with Gasteiger partial charge in [0.15, 0.2) is 9.84 Å². The number of esters is 2. The summed E-state index contributed by atoms with van der Waals surface area (Å²) in [5.74, 6) is -2.52. The molecule has 0 aromatic rings. The zero-order valence-corrected chi connectivity index (χ0v) is 13.0. The molecule has 0 saturated carbocycles. The zero-order chi connectivity index (χ0) is 14.4. The highest BCUT2D eigenvalue weighted by atomic mass is 32.2. The van der Waals surface area contributed by atoms with Gasteiger partial charge in [0, 0.05) is 14.3 Å². The lowest BCUT2D eigenvalue weighted by atomic mass is 10.6. The van der Waals surface area contributed by atoms with E-state index in [-0.39, 0.29) is 19.0 Å². The van der Waals surface area contributed by atoms with Gasteiger partial charge in [0.25, 0.3) is 0 Å². The largest absolute Gasteiger partial charge is 0.458 e. The van der Waals surface area contributed by atoms with Crippen LogP contribution in [-0.4, -0.2) is 53.7 Å². The lowest BCUT2D eigenvalue weighted by Crippen LogP contribution is -2.27. The van der Waals surface area contributed by atoms with E-state index in [0.29, 0.717) is 0 Å². The molecular formula is C10H20O6SSi. The molecule has 6 nitrogen and oxygen atoms in total. The number of carbonyl (C=O) groups is 2. The van der Waals surface area contributed by atoms with Crippen LogP contribution in [0.3, 0.4) is 0 Å². The molecule has 0 bridgehead atoms. The van der Waals surface area contributed by atoms with Crippen molar-refractivity contribution in [2.45, 2.75) is 25.7 Å². The average Bonchev–Trinajstić information content (AvgIpc) is 2.13. The van der Waals surface area contributed by atoms with Crippen LogP contribution in [0.5, 0.6) is 0 Å². The standard InChI is InChI=1S/C10H20O6SSi/c1-17(13,14)7-5-15-9(11)10(12)16-6-8-18(2,3)4/h5-8H2,1-4H3. The molecule has 106 valence electrons. The quantitative estimate of drug-likeness (QED) is 0.402. The number of hydrogen-bond donors (Lipinski definition) is 0. The topological polar surface area (TPSA) is 86.7 Å². The van der Waals surface area contributed by atoms with E-state index in [1.54, 1.807) is 0 Å². The van der Waals surface area contributed by atoms with Crippen LogP contribution < -0.4 is 0 Å². The monoisotopic (exact) mass is 296 g/mol. The fraction of sp³-hybridized carbons (Fsp3) is 0.800. The van der Waals surface area contributed by atoms with Crippen LogP contribution in [0, 0.1) is 0 Å². The van der Waals surface area contributed by atoms with E-state index in [1.807, 2.05) is 0 Å². The Bertz CT molecular complexity index is 395. The summed E-state index contributed by atoms with van der Waals surface area (Å²) in [4.78, 5) is 22.3. The Hall–Kier alpha value is -0.893. The van der Waals surface area contributed by atoms with Crippen molar-refractivity contribution in [3.8, 4) is 0 Å². The minimum absolute atomic E-state index is 0.190. The maximum atomic E-state index is 11.2. The van der Waals surface area contributed by atoms with Gasteiger partial charge in [-0.1, -0.05) is 19.6 Å². The first-order chi connectivity index (χ1) is 8.01. The molecule has 0 aromatic carbocycles. The Morgan fingerprint density at radius 3 is 1.83 bits per heavy atom. The Labute approximate surface area is 109 Å². The molecule has 8 heteroatoms. The minimum Gasteiger partial charge on any atom is -0.458 e. The summed E-state index contributed by atoms with van der Waals surface area (Å²) in [7, 11) is -4.52. The molecule has 0 spiro atoms. The van der Waals surface area contributed by atoms with Crippen molar-refractivity contribution in [1.29, 1.82) is 0 Å². The van der Waals surface area contributed by atoms with E-state index in [2.05, 4.69) is 24.4 Å². The van der Waals surface area contributed by atoms with E-state index in [1.165, 1.54) is 0 Å². The van der Waals surface area contributed by atoms with Gasteiger partial charge in [0.1, 0.15) is 6.61 Å². The van der Waals surface area contributed by atoms with Crippen LogP contribution in [0.1, 0.15) is 0 Å². The number of carbonyl (C=O) groups excluding carboxylic acids is 2. The van der Waals surface area contributed by atoms with Gasteiger partial charge in [0.05, 0.1) is 12.4 Å². The Kier molecular flexibility index (Phi) is 6.54. The number of rotatable bonds is 6. The highest BCUT2D eigenvalue weighted by Gasteiger charge is 2.20. The van der Waals surface area contributed by atoms with Crippen molar-refractivity contribution >= 4 is 29.8 Å². The lowest BCUT2D eigenvalue weighted by Gasteiger charge is -2.14. The maximum absolute atomic E-state index is 11.2. The third-order valence-electron chi connectivity index (χ3n) is 1.94. The average molecular weight is 296 g/mol. The SMILES string of the molecule is C[Si](C)(C)CCOC(=O)C(=O)OCCS(C)(=O)=O. The van der Waals surface area contributed by atoms with Gasteiger partial charge in [-0.25, -0.2) is 18.0 Å². The number of hydrogen-bond acceptors (Lipinski definition) is 6. The number of ether oxygens (including phenoxy) is 2. The fourth-order valence-corrected chi connectivity index (χ4v) is 1.95. The second-order valence-corrected chi connectivity index (χ2v) is 13.1. The predicted octanol–water partition coefficient (Wildman–Crippen LogP) is 0.456. The van der Waals surface area contributed by atoms with Crippen molar-refractivity contribution in [2.75, 3.05) is 25.2 Å². The third kappa shape index (κ3) is 10.3. The summed E-state index contributed by atoms with van der Waals surface area (Å²) in [5.41, 5.74) is 0. The van der Waals surface area contributed by atoms with Crippen LogP contribution in [0.15, 0.2) is 0 Å². The van der Waals surface area contributed by atoms with Crippen molar-refractivity contribution < 1.29 is 27.5 Å². The van der Waals surface area contributed by atoms with Crippen molar-refractivity contribution in [3.63, 3.8) is 0 Å². The van der Waals surface area contributed by atoms with Gasteiger partial charge < -0.3 is 9.47 Å². The van der Waals surface area contributed by atoms with Crippen LogP contribution >= 0.6 is 0 Å². The maximum Gasteiger partial charge on any atom is 0.417 e. The molecule has 0 radical (unpaired) electrons. The Morgan fingerprint density at radius 2 is 1.44 bits per heavy atom. The van der Waals surface area contributed by atoms with Crippen molar-refractivity contribution in [2.24, 2.45) is 0 Å². The molecule has 0 saturated heterocycles. The normalized spacial score (nSPS) is 12.0. The molecule has 0 fully saturated rings. The van der Waals surface area contributed by atoms with E-state index in [9.17, 15) is 18.0 Å². The Morgan fingerprint density at radius 1 is 1.00 bits per heavy atom. The molecule has 0 N–H and O–H groups in total. The first kappa shape index (κ1) is 17.1. The predicted molar refractivity (Wildman–Crippen MR) is 69.8 cm³/mol. The molecular weight excluding hydrogens is 276 g/mol. The third-order valence-corrected chi connectivity index (χ3v) is 4.55. The summed E-state index contributed by atoms with van der Waals surface area (Å²) in [5, 5.41) is 0. The van der Waals surface area contributed by atoms with Crippen LogP contribution in [-0.2, 0) is 28.9 Å². The van der Waals surface area contributed by atoms with Gasteiger partial charge >= 0.3 is 11.9 Å². The summed E-state index contributed by atoms with van der Waals surface area (Å²) in [6.07, 6.45) is 1.02. The van der Waals surface area contributed by atoms with Crippen molar-refractivity contribution in [1.82, 2.24) is 0 Å². The molecule has 0 rings (SSSR count). The molecule has 0 unspecified atom stereocenters. The zero-order valence-electron chi connectivity index (χ0n) is 11.2. The van der Waals surface area contributed by atoms with Crippen LogP contribution in [0.4, 0.5) is 0 Å². The molecule has 0 aliphatic heterocycles. The van der Waals surface area contributed by atoms with Gasteiger partial charge in [-0.3, -0.25) is 0 Å². The van der Waals surface area contributed by atoms with E-state index in [4.69, 9.17) is 4.74 Å². The summed E-state index contributed by atoms with van der Waals surface area (Å²) < 4.78 is 30.7. The first-order valence-corrected chi connectivity index (χ1v) is 11.3. The van der Waals surface area contributed by atoms with Gasteiger partial charge in [-0.2, -0.15) is 0 Å². The second kappa shape index (κ2) is 6.88. The van der Waals surface area contributed by atoms with E-state index < -0.39 is 29.8 Å². The fourth-order valence-electron chi connectivity index (χ4n) is 0.854. The molecule has 0 aromatic heterocycles. The Balaban J connectivity index is 3.88. The number of sulfone groups is 1. The van der Waals surface area contributed by atoms with Crippen LogP contribution in [0.2, 0.25) is 25.7 Å².